The number of thioether (sulfide) groups is 1. The first-order valence-electron chi connectivity index (χ1n) is 8.16. The second-order valence-electron chi connectivity index (χ2n) is 5.97. The standard InChI is InChI=1S/C16H20N4O3S2/c1-11-4-6-20(7-5-11)14(21)10-25-16-19-18-13(23-16)9-17-15(22)12-3-2-8-24-12/h2-3,8,11H,4-7,9-10H2,1H3,(H,17,22). The van der Waals surface area contributed by atoms with E-state index in [9.17, 15) is 9.59 Å². The van der Waals surface area contributed by atoms with Gasteiger partial charge in [-0.1, -0.05) is 24.8 Å². The van der Waals surface area contributed by atoms with Crippen LogP contribution in [0, 0.1) is 5.92 Å². The first kappa shape index (κ1) is 17.9. The van der Waals surface area contributed by atoms with E-state index in [4.69, 9.17) is 4.42 Å². The number of hydrogen-bond donors (Lipinski definition) is 1. The lowest BCUT2D eigenvalue weighted by Gasteiger charge is -2.30. The Balaban J connectivity index is 1.42. The van der Waals surface area contributed by atoms with Crippen LogP contribution in [0.2, 0.25) is 0 Å². The summed E-state index contributed by atoms with van der Waals surface area (Å²) in [5.74, 6) is 1.24. The van der Waals surface area contributed by atoms with Crippen LogP contribution in [0.15, 0.2) is 27.2 Å². The molecule has 2 amide bonds. The van der Waals surface area contributed by atoms with E-state index in [-0.39, 0.29) is 24.1 Å². The van der Waals surface area contributed by atoms with Gasteiger partial charge in [0.15, 0.2) is 0 Å². The predicted molar refractivity (Wildman–Crippen MR) is 95.5 cm³/mol. The SMILES string of the molecule is CC1CCN(C(=O)CSc2nnc(CNC(=O)c3cccs3)o2)CC1. The first-order valence-corrected chi connectivity index (χ1v) is 10.0. The van der Waals surface area contributed by atoms with Crippen molar-refractivity contribution < 1.29 is 14.0 Å². The van der Waals surface area contributed by atoms with E-state index in [0.717, 1.165) is 25.9 Å². The molecule has 1 fully saturated rings. The summed E-state index contributed by atoms with van der Waals surface area (Å²) >= 11 is 2.61. The Bertz CT molecular complexity index is 709. The van der Waals surface area contributed by atoms with Gasteiger partial charge in [0.1, 0.15) is 0 Å². The van der Waals surface area contributed by atoms with Crippen LogP contribution >= 0.6 is 23.1 Å². The zero-order valence-electron chi connectivity index (χ0n) is 13.9. The van der Waals surface area contributed by atoms with Gasteiger partial charge in [-0.05, 0) is 30.2 Å². The third-order valence-electron chi connectivity index (χ3n) is 4.05. The molecule has 1 N–H and O–H groups in total. The van der Waals surface area contributed by atoms with Gasteiger partial charge in [-0.2, -0.15) is 0 Å². The van der Waals surface area contributed by atoms with E-state index >= 15 is 0 Å². The maximum Gasteiger partial charge on any atom is 0.277 e. The highest BCUT2D eigenvalue weighted by molar-refractivity contribution is 7.99. The Morgan fingerprint density at radius 2 is 2.20 bits per heavy atom. The highest BCUT2D eigenvalue weighted by Gasteiger charge is 2.21. The molecule has 3 heterocycles. The van der Waals surface area contributed by atoms with Crippen LogP contribution in [0.3, 0.4) is 0 Å². The maximum absolute atomic E-state index is 12.2. The van der Waals surface area contributed by atoms with Gasteiger partial charge in [0, 0.05) is 13.1 Å². The van der Waals surface area contributed by atoms with Gasteiger partial charge >= 0.3 is 0 Å². The number of thiophene rings is 1. The smallest absolute Gasteiger partial charge is 0.277 e. The summed E-state index contributed by atoms with van der Waals surface area (Å²) in [6, 6.07) is 3.57. The number of piperidine rings is 1. The molecule has 0 spiro atoms. The molecular weight excluding hydrogens is 360 g/mol. The molecule has 9 heteroatoms. The number of carbonyl (C=O) groups is 2. The molecule has 1 aliphatic heterocycles. The van der Waals surface area contributed by atoms with Crippen LogP contribution in [0.25, 0.3) is 0 Å². The Morgan fingerprint density at radius 3 is 2.92 bits per heavy atom. The molecular formula is C16H20N4O3S2. The Morgan fingerprint density at radius 1 is 1.40 bits per heavy atom. The summed E-state index contributed by atoms with van der Waals surface area (Å²) in [5.41, 5.74) is 0. The van der Waals surface area contributed by atoms with Gasteiger partial charge in [0.25, 0.3) is 11.1 Å². The van der Waals surface area contributed by atoms with Crippen molar-refractivity contribution >= 4 is 34.9 Å². The molecule has 0 bridgehead atoms. The molecule has 1 aliphatic rings. The maximum atomic E-state index is 12.2. The van der Waals surface area contributed by atoms with Crippen molar-refractivity contribution in [2.24, 2.45) is 5.92 Å². The zero-order valence-corrected chi connectivity index (χ0v) is 15.6. The third kappa shape index (κ3) is 5.05. The van der Waals surface area contributed by atoms with Crippen molar-refractivity contribution in [3.05, 3.63) is 28.3 Å². The minimum Gasteiger partial charge on any atom is -0.414 e. The molecule has 2 aromatic rings. The molecule has 25 heavy (non-hydrogen) atoms. The average molecular weight is 380 g/mol. The highest BCUT2D eigenvalue weighted by atomic mass is 32.2. The van der Waals surface area contributed by atoms with E-state index in [1.807, 2.05) is 16.3 Å². The number of rotatable bonds is 6. The first-order chi connectivity index (χ1) is 12.1. The van der Waals surface area contributed by atoms with Gasteiger partial charge in [0.2, 0.25) is 11.8 Å². The number of hydrogen-bond acceptors (Lipinski definition) is 7. The number of aromatic nitrogens is 2. The quantitative estimate of drug-likeness (QED) is 0.774. The monoisotopic (exact) mass is 380 g/mol. The van der Waals surface area contributed by atoms with Gasteiger partial charge < -0.3 is 14.6 Å². The minimum absolute atomic E-state index is 0.0997. The molecule has 0 saturated carbocycles. The van der Waals surface area contributed by atoms with Gasteiger partial charge in [-0.3, -0.25) is 9.59 Å². The van der Waals surface area contributed by atoms with E-state index in [1.165, 1.54) is 23.1 Å². The minimum atomic E-state index is -0.170. The normalized spacial score (nSPS) is 15.3. The van der Waals surface area contributed by atoms with Gasteiger partial charge in [-0.25, -0.2) is 0 Å². The number of amides is 2. The molecule has 7 nitrogen and oxygen atoms in total. The molecule has 0 unspecified atom stereocenters. The van der Waals surface area contributed by atoms with Gasteiger partial charge in [0.05, 0.1) is 17.2 Å². The summed E-state index contributed by atoms with van der Waals surface area (Å²) in [5, 5.41) is 12.7. The van der Waals surface area contributed by atoms with Crippen LogP contribution in [0.1, 0.15) is 35.3 Å². The van der Waals surface area contributed by atoms with Crippen LogP contribution in [-0.2, 0) is 11.3 Å². The molecule has 3 rings (SSSR count). The summed E-state index contributed by atoms with van der Waals surface area (Å²) in [6.45, 7) is 4.03. The largest absolute Gasteiger partial charge is 0.414 e. The van der Waals surface area contributed by atoms with Crippen LogP contribution in [0.4, 0.5) is 0 Å². The lowest BCUT2D eigenvalue weighted by Crippen LogP contribution is -2.38. The molecule has 2 aromatic heterocycles. The summed E-state index contributed by atoms with van der Waals surface area (Å²) in [6.07, 6.45) is 2.12. The van der Waals surface area contributed by atoms with Crippen molar-refractivity contribution in [3.8, 4) is 0 Å². The Kier molecular flexibility index (Phi) is 6.09. The third-order valence-corrected chi connectivity index (χ3v) is 5.72. The Labute approximate surface area is 154 Å². The number of carbonyl (C=O) groups excluding carboxylic acids is 2. The van der Waals surface area contributed by atoms with Crippen molar-refractivity contribution in [2.45, 2.75) is 31.5 Å². The molecule has 0 radical (unpaired) electrons. The predicted octanol–water partition coefficient (Wildman–Crippen LogP) is 2.41. The second-order valence-corrected chi connectivity index (χ2v) is 7.85. The van der Waals surface area contributed by atoms with E-state index in [1.54, 1.807) is 6.07 Å². The van der Waals surface area contributed by atoms with Crippen LogP contribution < -0.4 is 5.32 Å². The summed E-state index contributed by atoms with van der Waals surface area (Å²) in [4.78, 5) is 26.6. The van der Waals surface area contributed by atoms with Crippen molar-refractivity contribution in [3.63, 3.8) is 0 Å². The molecule has 0 aliphatic carbocycles. The number of nitrogens with zero attached hydrogens (tertiary/aromatic N) is 3. The number of likely N-dealkylation sites (tertiary alicyclic amines) is 1. The molecule has 134 valence electrons. The number of nitrogens with one attached hydrogen (secondary N) is 1. The van der Waals surface area contributed by atoms with Crippen molar-refractivity contribution in [2.75, 3.05) is 18.8 Å². The fourth-order valence-electron chi connectivity index (χ4n) is 2.49. The topological polar surface area (TPSA) is 88.3 Å². The zero-order chi connectivity index (χ0) is 17.6. The summed E-state index contributed by atoms with van der Waals surface area (Å²) < 4.78 is 5.46. The van der Waals surface area contributed by atoms with Crippen LogP contribution in [0.5, 0.6) is 0 Å². The average Bonchev–Trinajstić information content (AvgIpc) is 3.30. The fraction of sp³-hybridized carbons (Fsp3) is 0.500. The van der Waals surface area contributed by atoms with E-state index < -0.39 is 0 Å². The Hall–Kier alpha value is -1.87. The van der Waals surface area contributed by atoms with Crippen molar-refractivity contribution in [1.82, 2.24) is 20.4 Å². The highest BCUT2D eigenvalue weighted by Crippen LogP contribution is 2.20. The van der Waals surface area contributed by atoms with Crippen LogP contribution in [-0.4, -0.2) is 45.8 Å². The second kappa shape index (κ2) is 8.48. The van der Waals surface area contributed by atoms with Gasteiger partial charge in [-0.15, -0.1) is 21.5 Å². The lowest BCUT2D eigenvalue weighted by atomic mass is 9.99. The molecule has 0 atom stereocenters. The van der Waals surface area contributed by atoms with E-state index in [0.29, 0.717) is 21.9 Å². The molecule has 1 saturated heterocycles. The van der Waals surface area contributed by atoms with E-state index in [2.05, 4.69) is 22.4 Å². The lowest BCUT2D eigenvalue weighted by molar-refractivity contribution is -0.129. The fourth-order valence-corrected chi connectivity index (χ4v) is 3.81. The summed E-state index contributed by atoms with van der Waals surface area (Å²) in [7, 11) is 0. The van der Waals surface area contributed by atoms with Crippen molar-refractivity contribution in [1.29, 1.82) is 0 Å². The molecule has 0 aromatic carbocycles.